The van der Waals surface area contributed by atoms with E-state index < -0.39 is 4.92 Å². The fourth-order valence-electron chi connectivity index (χ4n) is 0.741. The third-order valence-corrected chi connectivity index (χ3v) is 1.74. The molecular weight excluding hydrogens is 164 g/mol. The second-order valence-electron chi connectivity index (χ2n) is 2.11. The molecule has 0 saturated carbocycles. The average Bonchev–Trinajstić information content (AvgIpc) is 1.94. The molecule has 0 aromatic rings. The molecule has 0 heterocycles. The van der Waals surface area contributed by atoms with Gasteiger partial charge in [0.25, 0.3) is 5.70 Å². The van der Waals surface area contributed by atoms with Crippen molar-refractivity contribution in [3.63, 3.8) is 0 Å². The molecule has 0 spiro atoms. The fraction of sp³-hybridized carbons (Fsp3) is 0.167. The zero-order valence-electron chi connectivity index (χ0n) is 5.61. The molecule has 0 atom stereocenters. The van der Waals surface area contributed by atoms with Crippen molar-refractivity contribution in [3.8, 4) is 0 Å². The van der Waals surface area contributed by atoms with Crippen molar-refractivity contribution in [2.45, 2.75) is 6.42 Å². The predicted octanol–water partition coefficient (Wildman–Crippen LogP) is 0.763. The Kier molecular flexibility index (Phi) is 2.00. The lowest BCUT2D eigenvalue weighted by Crippen LogP contribution is -2.14. The Balaban J connectivity index is 2.91. The molecular formula is C6H6N2O2S. The van der Waals surface area contributed by atoms with Crippen molar-refractivity contribution in [2.24, 2.45) is 5.73 Å². The first kappa shape index (κ1) is 7.87. The smallest absolute Gasteiger partial charge is 0.267 e. The zero-order chi connectivity index (χ0) is 8.43. The topological polar surface area (TPSA) is 69.2 Å². The number of hydrogen-bond donors (Lipinski definition) is 1. The van der Waals surface area contributed by atoms with Crippen LogP contribution in [0.25, 0.3) is 0 Å². The first-order chi connectivity index (χ1) is 5.11. The van der Waals surface area contributed by atoms with E-state index >= 15 is 0 Å². The third-order valence-electron chi connectivity index (χ3n) is 1.33. The summed E-state index contributed by atoms with van der Waals surface area (Å²) in [4.78, 5) is 10.3. The Morgan fingerprint density at radius 1 is 1.73 bits per heavy atom. The second kappa shape index (κ2) is 2.79. The van der Waals surface area contributed by atoms with E-state index in [2.05, 4.69) is 0 Å². The Hall–Kier alpha value is -1.23. The van der Waals surface area contributed by atoms with Gasteiger partial charge < -0.3 is 5.73 Å². The van der Waals surface area contributed by atoms with Gasteiger partial charge in [0.15, 0.2) is 0 Å². The first-order valence-corrected chi connectivity index (χ1v) is 3.37. The van der Waals surface area contributed by atoms with Gasteiger partial charge in [-0.05, 0) is 6.08 Å². The monoisotopic (exact) mass is 170 g/mol. The van der Waals surface area contributed by atoms with E-state index in [9.17, 15) is 10.1 Å². The van der Waals surface area contributed by atoms with Crippen LogP contribution in [-0.4, -0.2) is 9.79 Å². The van der Waals surface area contributed by atoms with Crippen LogP contribution in [0.15, 0.2) is 23.5 Å². The van der Waals surface area contributed by atoms with Crippen molar-refractivity contribution < 1.29 is 4.92 Å². The molecule has 0 aliphatic heterocycles. The summed E-state index contributed by atoms with van der Waals surface area (Å²) in [6.07, 6.45) is 3.14. The zero-order valence-corrected chi connectivity index (χ0v) is 6.43. The number of thiocarbonyl (C=S) groups is 1. The van der Waals surface area contributed by atoms with Crippen LogP contribution in [-0.2, 0) is 0 Å². The fourth-order valence-corrected chi connectivity index (χ4v) is 0.883. The van der Waals surface area contributed by atoms with E-state index in [1.54, 1.807) is 0 Å². The largest absolute Gasteiger partial charge is 0.398 e. The summed E-state index contributed by atoms with van der Waals surface area (Å²) in [6, 6.07) is 0. The van der Waals surface area contributed by atoms with Gasteiger partial charge in [-0.25, -0.2) is 0 Å². The van der Waals surface area contributed by atoms with Crippen LogP contribution in [0.3, 0.4) is 0 Å². The summed E-state index contributed by atoms with van der Waals surface area (Å²) in [7, 11) is 0. The molecule has 58 valence electrons. The van der Waals surface area contributed by atoms with Crippen molar-refractivity contribution in [3.05, 3.63) is 33.7 Å². The molecule has 0 fully saturated rings. The van der Waals surface area contributed by atoms with Gasteiger partial charge in [-0.2, -0.15) is 0 Å². The predicted molar refractivity (Wildman–Crippen MR) is 44.6 cm³/mol. The molecule has 4 nitrogen and oxygen atoms in total. The van der Waals surface area contributed by atoms with Crippen molar-refractivity contribution in [1.29, 1.82) is 0 Å². The SMILES string of the molecule is NC1=CC([N+](=O)[O-])=CCC1=S. The van der Waals surface area contributed by atoms with Crippen LogP contribution in [0.1, 0.15) is 6.42 Å². The van der Waals surface area contributed by atoms with Crippen molar-refractivity contribution >= 4 is 17.1 Å². The van der Waals surface area contributed by atoms with E-state index in [-0.39, 0.29) is 5.70 Å². The molecule has 0 aromatic carbocycles. The molecule has 5 heteroatoms. The highest BCUT2D eigenvalue weighted by Gasteiger charge is 2.14. The summed E-state index contributed by atoms with van der Waals surface area (Å²) < 4.78 is 0. The lowest BCUT2D eigenvalue weighted by Gasteiger charge is -2.04. The Bertz CT molecular complexity index is 280. The molecule has 0 radical (unpaired) electrons. The average molecular weight is 170 g/mol. The molecule has 0 aromatic heterocycles. The summed E-state index contributed by atoms with van der Waals surface area (Å²) in [5, 5.41) is 10.2. The summed E-state index contributed by atoms with van der Waals surface area (Å²) in [5.74, 6) is 0. The lowest BCUT2D eigenvalue weighted by molar-refractivity contribution is -0.419. The van der Waals surface area contributed by atoms with Crippen LogP contribution in [0.4, 0.5) is 0 Å². The highest BCUT2D eigenvalue weighted by Crippen LogP contribution is 2.11. The van der Waals surface area contributed by atoms with Gasteiger partial charge >= 0.3 is 0 Å². The van der Waals surface area contributed by atoms with E-state index in [0.717, 1.165) is 0 Å². The quantitative estimate of drug-likeness (QED) is 0.358. The number of allylic oxidation sites excluding steroid dienone is 3. The molecule has 1 rings (SSSR count). The molecule has 0 bridgehead atoms. The van der Waals surface area contributed by atoms with Crippen LogP contribution < -0.4 is 5.73 Å². The lowest BCUT2D eigenvalue weighted by atomic mass is 10.1. The van der Waals surface area contributed by atoms with E-state index in [4.69, 9.17) is 18.0 Å². The molecule has 0 unspecified atom stereocenters. The Labute approximate surface area is 68.5 Å². The number of nitro groups is 1. The van der Waals surface area contributed by atoms with Crippen LogP contribution in [0.5, 0.6) is 0 Å². The maximum Gasteiger partial charge on any atom is 0.267 e. The normalized spacial score (nSPS) is 17.3. The van der Waals surface area contributed by atoms with Gasteiger partial charge in [0, 0.05) is 17.4 Å². The number of nitrogens with two attached hydrogens (primary N) is 1. The minimum absolute atomic E-state index is 0.0242. The summed E-state index contributed by atoms with van der Waals surface area (Å²) in [5.41, 5.74) is 5.73. The molecule has 0 amide bonds. The van der Waals surface area contributed by atoms with Gasteiger partial charge in [-0.1, -0.05) is 12.2 Å². The molecule has 1 aliphatic carbocycles. The van der Waals surface area contributed by atoms with Gasteiger partial charge in [0.1, 0.15) is 0 Å². The number of rotatable bonds is 1. The number of nitrogens with zero attached hydrogens (tertiary/aromatic N) is 1. The summed E-state index contributed by atoms with van der Waals surface area (Å²) in [6.45, 7) is 0. The second-order valence-corrected chi connectivity index (χ2v) is 2.61. The molecule has 1 aliphatic rings. The van der Waals surface area contributed by atoms with E-state index in [1.165, 1.54) is 12.2 Å². The molecule has 2 N–H and O–H groups in total. The van der Waals surface area contributed by atoms with Crippen LogP contribution >= 0.6 is 12.2 Å². The number of hydrogen-bond acceptors (Lipinski definition) is 4. The van der Waals surface area contributed by atoms with Crippen molar-refractivity contribution in [1.82, 2.24) is 0 Å². The molecule has 0 saturated heterocycles. The highest BCUT2D eigenvalue weighted by atomic mass is 32.1. The van der Waals surface area contributed by atoms with Gasteiger partial charge in [-0.3, -0.25) is 10.1 Å². The minimum Gasteiger partial charge on any atom is -0.398 e. The maximum atomic E-state index is 10.2. The Morgan fingerprint density at radius 2 is 2.36 bits per heavy atom. The highest BCUT2D eigenvalue weighted by molar-refractivity contribution is 7.80. The van der Waals surface area contributed by atoms with Gasteiger partial charge in [-0.15, -0.1) is 0 Å². The maximum absolute atomic E-state index is 10.2. The first-order valence-electron chi connectivity index (χ1n) is 2.96. The Morgan fingerprint density at radius 3 is 2.82 bits per heavy atom. The van der Waals surface area contributed by atoms with Crippen LogP contribution in [0, 0.1) is 10.1 Å². The van der Waals surface area contributed by atoms with Crippen molar-refractivity contribution in [2.75, 3.05) is 0 Å². The van der Waals surface area contributed by atoms with Gasteiger partial charge in [0.2, 0.25) is 0 Å². The van der Waals surface area contributed by atoms with E-state index in [1.807, 2.05) is 0 Å². The summed E-state index contributed by atoms with van der Waals surface area (Å²) >= 11 is 4.81. The van der Waals surface area contributed by atoms with E-state index in [0.29, 0.717) is 17.0 Å². The molecule has 11 heavy (non-hydrogen) atoms. The van der Waals surface area contributed by atoms with Gasteiger partial charge in [0.05, 0.1) is 10.6 Å². The third kappa shape index (κ3) is 1.62. The van der Waals surface area contributed by atoms with Crippen LogP contribution in [0.2, 0.25) is 0 Å². The minimum atomic E-state index is -0.478. The standard InChI is InChI=1S/C6H6N2O2S/c7-5-3-4(8(9)10)1-2-6(5)11/h1,3H,2,7H2.